The molecule has 21 nitrogen and oxygen atoms in total. The molecule has 0 amide bonds. The Hall–Kier alpha value is -3.91. The van der Waals surface area contributed by atoms with Gasteiger partial charge in [0.1, 0.15) is 89.6 Å². The van der Waals surface area contributed by atoms with Crippen molar-refractivity contribution in [3.05, 3.63) is 40.6 Å². The molecule has 3 aliphatic heterocycles. The molecule has 0 unspecified atom stereocenters. The van der Waals surface area contributed by atoms with Gasteiger partial charge in [-0.2, -0.15) is 0 Å². The van der Waals surface area contributed by atoms with Crippen molar-refractivity contribution in [2.24, 2.45) is 0 Å². The van der Waals surface area contributed by atoms with Gasteiger partial charge in [-0.1, -0.05) is 0 Å². The number of aromatic hydroxyl groups is 3. The lowest BCUT2D eigenvalue weighted by Gasteiger charge is -2.42. The Balaban J connectivity index is 1.34. The number of aliphatic hydroxyl groups is 10. The first-order valence-electron chi connectivity index (χ1n) is 16.5. The van der Waals surface area contributed by atoms with E-state index in [4.69, 9.17) is 32.8 Å². The topological polar surface area (TPSA) is 349 Å². The normalized spacial score (nSPS) is 37.3. The Morgan fingerprint density at radius 3 is 1.91 bits per heavy atom. The van der Waals surface area contributed by atoms with E-state index in [1.165, 1.54) is 13.0 Å². The maximum Gasteiger partial charge on any atom is 0.239 e. The summed E-state index contributed by atoms with van der Waals surface area (Å²) in [7, 11) is 0. The number of phenols is 3. The Kier molecular flexibility index (Phi) is 11.5. The molecule has 0 spiro atoms. The van der Waals surface area contributed by atoms with Gasteiger partial charge in [-0.25, -0.2) is 0 Å². The summed E-state index contributed by atoms with van der Waals surface area (Å²) < 4.78 is 39.1. The van der Waals surface area contributed by atoms with Crippen LogP contribution in [0.25, 0.3) is 22.3 Å². The largest absolute Gasteiger partial charge is 0.508 e. The number of hydrogen-bond donors (Lipinski definition) is 13. The first kappa shape index (κ1) is 39.8. The SMILES string of the molecule is C[C@@H]1O[C@@H](OC[C@H]2O[C@@H](Oc3c(-c4ccc(O)c(O[C@@H]5O[C@H](CO)[C@@H](O)[C@H](O)[C@H]5O)c4)oc4cc(O)cc(O)c4c3=O)[C@H](O)[C@@H](O)[C@@H]2O)[C@H](O)[C@H](O)[C@H]1O. The van der Waals surface area contributed by atoms with Gasteiger partial charge in [0.05, 0.1) is 19.3 Å². The van der Waals surface area contributed by atoms with Crippen LogP contribution in [0.2, 0.25) is 0 Å². The number of rotatable bonds is 9. The van der Waals surface area contributed by atoms with Gasteiger partial charge in [0, 0.05) is 17.7 Å². The van der Waals surface area contributed by atoms with Crippen molar-refractivity contribution in [1.82, 2.24) is 0 Å². The number of fused-ring (bicyclic) bond motifs is 1. The van der Waals surface area contributed by atoms with Gasteiger partial charge in [0.15, 0.2) is 23.5 Å². The summed E-state index contributed by atoms with van der Waals surface area (Å²) >= 11 is 0. The van der Waals surface area contributed by atoms with Crippen molar-refractivity contribution in [1.29, 1.82) is 0 Å². The van der Waals surface area contributed by atoms with Crippen LogP contribution in [0.3, 0.4) is 0 Å². The number of aliphatic hydroxyl groups excluding tert-OH is 10. The first-order chi connectivity index (χ1) is 25.5. The molecular weight excluding hydrogens is 732 g/mol. The van der Waals surface area contributed by atoms with Crippen LogP contribution in [-0.4, -0.2) is 172 Å². The standard InChI is InChI=1S/C33H40O21/c1-9-19(38)23(42)26(45)31(49-9)48-8-17-21(40)25(44)28(47)33(53-17)54-30-22(41)18-13(37)5-11(35)6-15(18)50-29(30)10-2-3-12(36)14(4-10)51-32-27(46)24(43)20(39)16(7-34)52-32/h2-6,9,16-17,19-21,23-28,31-40,42-47H,7-8H2,1H3/t9-,16+,17+,19-,20+,21+,23+,24-,25-,26+,27+,28+,31+,32+,33-/m0/s1. The molecule has 0 radical (unpaired) electrons. The van der Waals surface area contributed by atoms with Crippen LogP contribution in [0.1, 0.15) is 6.92 Å². The molecule has 1 aromatic heterocycles. The zero-order valence-electron chi connectivity index (χ0n) is 28.0. The van der Waals surface area contributed by atoms with Gasteiger partial charge >= 0.3 is 0 Å². The van der Waals surface area contributed by atoms with E-state index in [0.29, 0.717) is 0 Å². The number of benzene rings is 2. The fourth-order valence-electron chi connectivity index (χ4n) is 6.21. The van der Waals surface area contributed by atoms with Gasteiger partial charge in [-0.3, -0.25) is 4.79 Å². The van der Waals surface area contributed by atoms with E-state index in [-0.39, 0.29) is 11.1 Å². The van der Waals surface area contributed by atoms with Crippen LogP contribution in [0.5, 0.6) is 28.7 Å². The maximum atomic E-state index is 14.0. The summed E-state index contributed by atoms with van der Waals surface area (Å²) in [4.78, 5) is 14.0. The smallest absolute Gasteiger partial charge is 0.239 e. The minimum absolute atomic E-state index is 0.145. The summed E-state index contributed by atoms with van der Waals surface area (Å²) in [5.74, 6) is -3.63. The van der Waals surface area contributed by atoms with Gasteiger partial charge in [0.2, 0.25) is 23.8 Å². The second-order valence-corrected chi connectivity index (χ2v) is 13.1. The molecular formula is C33H40O21. The number of phenolic OH excluding ortho intramolecular Hbond substituents is 3. The molecule has 4 heterocycles. The summed E-state index contributed by atoms with van der Waals surface area (Å²) in [5, 5.41) is 134. The first-order valence-corrected chi connectivity index (χ1v) is 16.5. The lowest BCUT2D eigenvalue weighted by Crippen LogP contribution is -2.61. The molecule has 15 atom stereocenters. The third-order valence-corrected chi connectivity index (χ3v) is 9.37. The molecule has 3 fully saturated rings. The summed E-state index contributed by atoms with van der Waals surface area (Å²) in [5.41, 5.74) is -1.64. The van der Waals surface area contributed by atoms with Crippen LogP contribution < -0.4 is 14.9 Å². The van der Waals surface area contributed by atoms with Gasteiger partial charge in [0.25, 0.3) is 0 Å². The zero-order chi connectivity index (χ0) is 39.3. The maximum absolute atomic E-state index is 14.0. The molecule has 0 saturated carbocycles. The fraction of sp³-hybridized carbons (Fsp3) is 0.545. The van der Waals surface area contributed by atoms with Crippen molar-refractivity contribution >= 4 is 11.0 Å². The van der Waals surface area contributed by atoms with Crippen molar-refractivity contribution in [2.45, 2.75) is 99.0 Å². The zero-order valence-corrected chi connectivity index (χ0v) is 28.0. The van der Waals surface area contributed by atoms with E-state index < -0.39 is 151 Å². The highest BCUT2D eigenvalue weighted by molar-refractivity contribution is 5.88. The molecule has 0 bridgehead atoms. The second-order valence-electron chi connectivity index (χ2n) is 13.1. The molecule has 2 aromatic carbocycles. The van der Waals surface area contributed by atoms with Crippen LogP contribution >= 0.6 is 0 Å². The second kappa shape index (κ2) is 15.7. The van der Waals surface area contributed by atoms with E-state index in [2.05, 4.69) is 0 Å². The molecule has 298 valence electrons. The van der Waals surface area contributed by atoms with Crippen molar-refractivity contribution in [3.8, 4) is 40.1 Å². The van der Waals surface area contributed by atoms with Crippen molar-refractivity contribution < 1.29 is 99.2 Å². The quantitative estimate of drug-likeness (QED) is 0.0980. The van der Waals surface area contributed by atoms with Gasteiger partial charge in [-0.15, -0.1) is 0 Å². The number of ether oxygens (including phenoxy) is 6. The minimum Gasteiger partial charge on any atom is -0.508 e. The highest BCUT2D eigenvalue weighted by Crippen LogP contribution is 2.41. The molecule has 6 rings (SSSR count). The van der Waals surface area contributed by atoms with E-state index in [0.717, 1.165) is 24.3 Å². The lowest BCUT2D eigenvalue weighted by atomic mass is 9.98. The van der Waals surface area contributed by atoms with Crippen LogP contribution in [0, 0.1) is 0 Å². The van der Waals surface area contributed by atoms with Crippen LogP contribution in [0.15, 0.2) is 39.5 Å². The lowest BCUT2D eigenvalue weighted by molar-refractivity contribution is -0.318. The van der Waals surface area contributed by atoms with Crippen LogP contribution in [-0.2, 0) is 18.9 Å². The summed E-state index contributed by atoms with van der Waals surface area (Å²) in [6.07, 6.45) is -25.4. The average molecular weight is 773 g/mol. The van der Waals surface area contributed by atoms with E-state index in [9.17, 15) is 71.2 Å². The Bertz CT molecular complexity index is 1850. The van der Waals surface area contributed by atoms with Gasteiger partial charge < -0.3 is 99.2 Å². The predicted molar refractivity (Wildman–Crippen MR) is 173 cm³/mol. The average Bonchev–Trinajstić information content (AvgIpc) is 3.13. The molecule has 0 aliphatic carbocycles. The van der Waals surface area contributed by atoms with Crippen molar-refractivity contribution in [2.75, 3.05) is 13.2 Å². The van der Waals surface area contributed by atoms with E-state index >= 15 is 0 Å². The predicted octanol–water partition coefficient (Wildman–Crippen LogP) is -4.21. The number of hydrogen-bond acceptors (Lipinski definition) is 21. The summed E-state index contributed by atoms with van der Waals surface area (Å²) in [6.45, 7) is -0.0511. The third-order valence-electron chi connectivity index (χ3n) is 9.37. The van der Waals surface area contributed by atoms with E-state index in [1.807, 2.05) is 0 Å². The highest BCUT2D eigenvalue weighted by Gasteiger charge is 2.48. The highest BCUT2D eigenvalue weighted by atomic mass is 16.7. The minimum atomic E-state index is -2.06. The molecule has 3 aromatic rings. The Morgan fingerprint density at radius 1 is 0.648 bits per heavy atom. The third kappa shape index (κ3) is 7.39. The Labute approximate surface area is 303 Å². The molecule has 13 N–H and O–H groups in total. The molecule has 21 heteroatoms. The summed E-state index contributed by atoms with van der Waals surface area (Å²) in [6, 6.07) is 5.08. The van der Waals surface area contributed by atoms with Gasteiger partial charge in [-0.05, 0) is 25.1 Å². The Morgan fingerprint density at radius 2 is 1.24 bits per heavy atom. The molecule has 3 saturated heterocycles. The van der Waals surface area contributed by atoms with Crippen LogP contribution in [0.4, 0.5) is 0 Å². The molecule has 54 heavy (non-hydrogen) atoms. The fourth-order valence-corrected chi connectivity index (χ4v) is 6.21. The molecule has 3 aliphatic rings. The van der Waals surface area contributed by atoms with Crippen molar-refractivity contribution in [3.63, 3.8) is 0 Å². The van der Waals surface area contributed by atoms with E-state index in [1.54, 1.807) is 0 Å². The monoisotopic (exact) mass is 772 g/mol.